The van der Waals surface area contributed by atoms with E-state index in [0.29, 0.717) is 0 Å². The summed E-state index contributed by atoms with van der Waals surface area (Å²) in [5, 5.41) is 4.34. The second-order valence-electron chi connectivity index (χ2n) is 6.49. The van der Waals surface area contributed by atoms with Crippen LogP contribution < -0.4 is 10.0 Å². The molecule has 0 aliphatic heterocycles. The normalized spacial score (nSPS) is 11.5. The maximum Gasteiger partial charge on any atom is 0.416 e. The zero-order valence-electron chi connectivity index (χ0n) is 16.4. The molecule has 32 heavy (non-hydrogen) atoms. The van der Waals surface area contributed by atoms with E-state index in [-0.39, 0.29) is 29.1 Å². The van der Waals surface area contributed by atoms with Crippen molar-refractivity contribution in [2.75, 3.05) is 6.54 Å². The monoisotopic (exact) mass is 478 g/mol. The number of benzene rings is 2. The molecule has 0 saturated heterocycles. The van der Waals surface area contributed by atoms with Crippen LogP contribution in [0.25, 0.3) is 0 Å². The smallest absolute Gasteiger partial charge is 0.341 e. The van der Waals surface area contributed by atoms with Gasteiger partial charge in [-0.05, 0) is 47.8 Å². The zero-order valence-corrected chi connectivity index (χ0v) is 18.1. The Kier molecular flexibility index (Phi) is 7.35. The van der Waals surface area contributed by atoms with Gasteiger partial charge in [0, 0.05) is 22.5 Å². The molecule has 1 amide bonds. The molecule has 3 aromatic rings. The van der Waals surface area contributed by atoms with Gasteiger partial charge in [0.25, 0.3) is 5.91 Å². The number of halogens is 3. The fourth-order valence-corrected chi connectivity index (χ4v) is 4.40. The van der Waals surface area contributed by atoms with E-state index in [1.165, 1.54) is 47.7 Å². The quantitative estimate of drug-likeness (QED) is 0.526. The lowest BCUT2D eigenvalue weighted by molar-refractivity contribution is -0.137. The molecule has 2 aromatic carbocycles. The van der Waals surface area contributed by atoms with Crippen LogP contribution in [0.2, 0.25) is 0 Å². The molecule has 0 aliphatic rings. The van der Waals surface area contributed by atoms with Crippen molar-refractivity contribution in [1.29, 1.82) is 0 Å². The number of rotatable bonds is 6. The summed E-state index contributed by atoms with van der Waals surface area (Å²) in [6, 6.07) is 13.7. The number of nitrogens with one attached hydrogen (secondary N) is 2. The molecule has 2 N–H and O–H groups in total. The molecule has 1 aromatic heterocycles. The summed E-state index contributed by atoms with van der Waals surface area (Å²) >= 11 is 1.42. The van der Waals surface area contributed by atoms with Crippen molar-refractivity contribution in [1.82, 2.24) is 10.0 Å². The highest BCUT2D eigenvalue weighted by Gasteiger charge is 2.30. The molecule has 0 unspecified atom stereocenters. The molecule has 3 rings (SSSR count). The fourth-order valence-electron chi connectivity index (χ4n) is 2.61. The molecule has 1 heterocycles. The van der Waals surface area contributed by atoms with Crippen LogP contribution in [0, 0.1) is 11.8 Å². The molecular weight excluding hydrogens is 461 g/mol. The van der Waals surface area contributed by atoms with Crippen molar-refractivity contribution in [3.8, 4) is 11.8 Å². The van der Waals surface area contributed by atoms with E-state index >= 15 is 0 Å². The summed E-state index contributed by atoms with van der Waals surface area (Å²) in [6.45, 7) is 0.0181. The van der Waals surface area contributed by atoms with Crippen LogP contribution >= 0.6 is 11.3 Å². The van der Waals surface area contributed by atoms with Crippen LogP contribution in [-0.4, -0.2) is 20.9 Å². The van der Waals surface area contributed by atoms with Crippen molar-refractivity contribution in [2.45, 2.75) is 17.6 Å². The molecule has 0 radical (unpaired) electrons. The Labute approximate surface area is 187 Å². The minimum Gasteiger partial charge on any atom is -0.341 e. The standard InChI is InChI=1S/C22H17F3N2O3S2/c23-22(24,25)18-8-1-5-16(13-18)6-3-11-26-21(28)17-7-2-10-20(14-17)32(29,30)27-15-19-9-4-12-31-19/h1-2,4-5,7-10,12-14,27H,11,15H2,(H,26,28). The number of sulfonamides is 1. The highest BCUT2D eigenvalue weighted by molar-refractivity contribution is 7.89. The first-order valence-corrected chi connectivity index (χ1v) is 11.6. The number of thiophene rings is 1. The van der Waals surface area contributed by atoms with Gasteiger partial charge in [-0.25, -0.2) is 13.1 Å². The van der Waals surface area contributed by atoms with E-state index in [1.54, 1.807) is 6.07 Å². The highest BCUT2D eigenvalue weighted by Crippen LogP contribution is 2.29. The van der Waals surface area contributed by atoms with E-state index in [2.05, 4.69) is 21.9 Å². The minimum absolute atomic E-state index is 0.0586. The molecule has 0 aliphatic carbocycles. The van der Waals surface area contributed by atoms with Crippen molar-refractivity contribution in [3.63, 3.8) is 0 Å². The Hall–Kier alpha value is -3.13. The maximum absolute atomic E-state index is 12.7. The SMILES string of the molecule is O=C(NCC#Cc1cccc(C(F)(F)F)c1)c1cccc(S(=O)(=O)NCc2cccs2)c1. The largest absolute Gasteiger partial charge is 0.416 e. The lowest BCUT2D eigenvalue weighted by Crippen LogP contribution is -2.25. The first-order chi connectivity index (χ1) is 15.1. The Morgan fingerprint density at radius 1 is 1.03 bits per heavy atom. The number of carbonyl (C=O) groups excluding carboxylic acids is 1. The molecule has 0 saturated carbocycles. The van der Waals surface area contributed by atoms with Crippen LogP contribution in [0.5, 0.6) is 0 Å². The highest BCUT2D eigenvalue weighted by atomic mass is 32.2. The predicted molar refractivity (Wildman–Crippen MR) is 115 cm³/mol. The topological polar surface area (TPSA) is 75.3 Å². The molecule has 5 nitrogen and oxygen atoms in total. The van der Waals surface area contributed by atoms with Gasteiger partial charge in [0.2, 0.25) is 10.0 Å². The van der Waals surface area contributed by atoms with Gasteiger partial charge in [-0.1, -0.05) is 30.0 Å². The summed E-state index contributed by atoms with van der Waals surface area (Å²) in [4.78, 5) is 13.1. The lowest BCUT2D eigenvalue weighted by atomic mass is 10.1. The van der Waals surface area contributed by atoms with Crippen LogP contribution in [0.3, 0.4) is 0 Å². The minimum atomic E-state index is -4.46. The van der Waals surface area contributed by atoms with Gasteiger partial charge in [-0.2, -0.15) is 13.2 Å². The Morgan fingerprint density at radius 3 is 2.53 bits per heavy atom. The van der Waals surface area contributed by atoms with Gasteiger partial charge >= 0.3 is 6.18 Å². The summed E-state index contributed by atoms with van der Waals surface area (Å²) in [5.41, 5.74) is -0.525. The molecule has 0 atom stereocenters. The number of alkyl halides is 3. The average Bonchev–Trinajstić information content (AvgIpc) is 3.29. The molecule has 0 bridgehead atoms. The van der Waals surface area contributed by atoms with Crippen LogP contribution in [0.4, 0.5) is 13.2 Å². The first kappa shape index (κ1) is 23.5. The summed E-state index contributed by atoms with van der Waals surface area (Å²) in [5.74, 6) is 4.59. The first-order valence-electron chi connectivity index (χ1n) is 9.21. The van der Waals surface area contributed by atoms with E-state index in [0.717, 1.165) is 17.0 Å². The van der Waals surface area contributed by atoms with E-state index in [9.17, 15) is 26.4 Å². The third-order valence-corrected chi connectivity index (χ3v) is 6.46. The summed E-state index contributed by atoms with van der Waals surface area (Å²) in [7, 11) is -3.81. The summed E-state index contributed by atoms with van der Waals surface area (Å²) < 4.78 is 65.6. The van der Waals surface area contributed by atoms with Gasteiger partial charge in [-0.3, -0.25) is 4.79 Å². The lowest BCUT2D eigenvalue weighted by Gasteiger charge is -2.08. The van der Waals surface area contributed by atoms with Crippen LogP contribution in [0.1, 0.15) is 26.4 Å². The van der Waals surface area contributed by atoms with E-state index in [4.69, 9.17) is 0 Å². The van der Waals surface area contributed by atoms with Crippen molar-refractivity contribution in [2.24, 2.45) is 0 Å². The van der Waals surface area contributed by atoms with Gasteiger partial charge in [0.1, 0.15) is 0 Å². The fraction of sp³-hybridized carbons (Fsp3) is 0.136. The van der Waals surface area contributed by atoms with Crippen molar-refractivity contribution < 1.29 is 26.4 Å². The Bertz CT molecular complexity index is 1260. The van der Waals surface area contributed by atoms with Crippen molar-refractivity contribution >= 4 is 27.3 Å². The number of amides is 1. The third kappa shape index (κ3) is 6.43. The van der Waals surface area contributed by atoms with E-state index < -0.39 is 27.7 Å². The number of carbonyl (C=O) groups is 1. The van der Waals surface area contributed by atoms with Crippen LogP contribution in [-0.2, 0) is 22.7 Å². The maximum atomic E-state index is 12.7. The average molecular weight is 479 g/mol. The predicted octanol–water partition coefficient (Wildman–Crippen LogP) is 4.03. The second-order valence-corrected chi connectivity index (χ2v) is 9.29. The Balaban J connectivity index is 1.61. The number of hydrogen-bond acceptors (Lipinski definition) is 4. The van der Waals surface area contributed by atoms with Crippen molar-refractivity contribution in [3.05, 3.63) is 87.6 Å². The zero-order chi connectivity index (χ0) is 23.2. The Morgan fingerprint density at radius 2 is 1.81 bits per heavy atom. The molecule has 0 fully saturated rings. The molecular formula is C22H17F3N2O3S2. The van der Waals surface area contributed by atoms with Gasteiger partial charge in [-0.15, -0.1) is 11.3 Å². The van der Waals surface area contributed by atoms with E-state index in [1.807, 2.05) is 11.4 Å². The van der Waals surface area contributed by atoms with Gasteiger partial charge in [0.05, 0.1) is 17.0 Å². The van der Waals surface area contributed by atoms with Gasteiger partial charge in [0.15, 0.2) is 0 Å². The molecule has 166 valence electrons. The molecule has 10 heteroatoms. The number of hydrogen-bond donors (Lipinski definition) is 2. The van der Waals surface area contributed by atoms with Crippen LogP contribution in [0.15, 0.2) is 70.9 Å². The second kappa shape index (κ2) is 9.99. The van der Waals surface area contributed by atoms with Gasteiger partial charge < -0.3 is 5.32 Å². The summed E-state index contributed by atoms with van der Waals surface area (Å²) in [6.07, 6.45) is -4.46. The third-order valence-electron chi connectivity index (χ3n) is 4.18. The molecule has 0 spiro atoms.